The van der Waals surface area contributed by atoms with Crippen molar-refractivity contribution in [2.24, 2.45) is 17.3 Å². The van der Waals surface area contributed by atoms with E-state index in [9.17, 15) is 18.0 Å². The third-order valence-corrected chi connectivity index (χ3v) is 9.36. The predicted molar refractivity (Wildman–Crippen MR) is 147 cm³/mol. The molecule has 5 atom stereocenters. The number of nitrogens with zero attached hydrogens (tertiary/aromatic N) is 3. The van der Waals surface area contributed by atoms with Gasteiger partial charge in [0.25, 0.3) is 0 Å². The Balaban J connectivity index is 1.36. The number of ether oxygens (including phenoxy) is 2. The quantitative estimate of drug-likeness (QED) is 0.495. The second-order valence-electron chi connectivity index (χ2n) is 12.2. The molecule has 1 aromatic heterocycles. The van der Waals surface area contributed by atoms with Gasteiger partial charge in [0, 0.05) is 76.8 Å². The van der Waals surface area contributed by atoms with Crippen LogP contribution in [0.15, 0.2) is 12.3 Å². The monoisotopic (exact) mass is 583 g/mol. The summed E-state index contributed by atoms with van der Waals surface area (Å²) in [5, 5.41) is 7.78. The fourth-order valence-electron chi connectivity index (χ4n) is 6.89. The number of amides is 1. The number of hydrogen-bond acceptors (Lipinski definition) is 6. The molecule has 5 unspecified atom stereocenters. The lowest BCUT2D eigenvalue weighted by Crippen LogP contribution is -2.52. The van der Waals surface area contributed by atoms with E-state index in [2.05, 4.69) is 34.4 Å². The number of alkyl halides is 3. The van der Waals surface area contributed by atoms with Gasteiger partial charge in [-0.25, -0.2) is 0 Å². The van der Waals surface area contributed by atoms with Crippen LogP contribution in [-0.2, 0) is 33.4 Å². The molecule has 0 bridgehead atoms. The van der Waals surface area contributed by atoms with Gasteiger partial charge in [0.05, 0.1) is 23.7 Å². The zero-order chi connectivity index (χ0) is 28.7. The number of carbonyl (C=O) groups excluding carboxylic acids is 1. The lowest BCUT2D eigenvalue weighted by Gasteiger charge is -2.38. The predicted octanol–water partition coefficient (Wildman–Crippen LogP) is 2.99. The average Bonchev–Trinajstić information content (AvgIpc) is 3.45. The van der Waals surface area contributed by atoms with Crippen molar-refractivity contribution in [2.75, 3.05) is 46.5 Å². The van der Waals surface area contributed by atoms with Crippen molar-refractivity contribution in [3.05, 3.63) is 29.1 Å². The van der Waals surface area contributed by atoms with Gasteiger partial charge in [-0.05, 0) is 54.9 Å². The van der Waals surface area contributed by atoms with Crippen LogP contribution in [0.4, 0.5) is 13.2 Å². The van der Waals surface area contributed by atoms with E-state index < -0.39 is 17.2 Å². The molecule has 12 heteroatoms. The van der Waals surface area contributed by atoms with Gasteiger partial charge in [0.2, 0.25) is 5.91 Å². The molecular formula is C28H40F3N5O3S. The molecule has 3 fully saturated rings. The zero-order valence-corrected chi connectivity index (χ0v) is 24.2. The van der Waals surface area contributed by atoms with Crippen LogP contribution in [0.2, 0.25) is 0 Å². The summed E-state index contributed by atoms with van der Waals surface area (Å²) in [7, 11) is 1.69. The Morgan fingerprint density at radius 3 is 2.88 bits per heavy atom. The van der Waals surface area contributed by atoms with E-state index in [1.807, 2.05) is 0 Å². The van der Waals surface area contributed by atoms with E-state index in [0.717, 1.165) is 31.6 Å². The molecule has 8 nitrogen and oxygen atoms in total. The van der Waals surface area contributed by atoms with E-state index in [0.29, 0.717) is 68.0 Å². The Labute approximate surface area is 239 Å². The third-order valence-electron chi connectivity index (χ3n) is 8.96. The Morgan fingerprint density at radius 2 is 2.15 bits per heavy atom. The minimum Gasteiger partial charge on any atom is -0.379 e. The number of thiocarbonyl (C=S) groups is 1. The number of nitrogens with one attached hydrogen (secondary N) is 2. The van der Waals surface area contributed by atoms with E-state index in [-0.39, 0.29) is 36.6 Å². The van der Waals surface area contributed by atoms with Crippen LogP contribution < -0.4 is 10.6 Å². The molecule has 0 radical (unpaired) electrons. The summed E-state index contributed by atoms with van der Waals surface area (Å²) in [4.78, 5) is 22.4. The lowest BCUT2D eigenvalue weighted by molar-refractivity contribution is -0.143. The Hall–Kier alpha value is -2.02. The molecule has 2 N–H and O–H groups in total. The van der Waals surface area contributed by atoms with Gasteiger partial charge in [-0.1, -0.05) is 13.8 Å². The molecule has 40 heavy (non-hydrogen) atoms. The number of methoxy groups -OCH3 is 1. The third kappa shape index (κ3) is 5.96. The topological polar surface area (TPSA) is 79.0 Å². The molecule has 0 spiro atoms. The first-order valence-electron chi connectivity index (χ1n) is 14.2. The van der Waals surface area contributed by atoms with E-state index in [4.69, 9.17) is 21.7 Å². The Morgan fingerprint density at radius 1 is 1.35 bits per heavy atom. The SMILES string of the molecule is COC1COCCC1NC1CC2CN(C(=S)NCC(C)C)CC2(C(=O)N2CCc3ncc(C(F)(F)F)cc3C2)C1. The molecule has 3 aliphatic heterocycles. The molecular weight excluding hydrogens is 543 g/mol. The zero-order valence-electron chi connectivity index (χ0n) is 23.4. The average molecular weight is 584 g/mol. The van der Waals surface area contributed by atoms with E-state index in [1.165, 1.54) is 0 Å². The van der Waals surface area contributed by atoms with Crippen LogP contribution in [0.1, 0.15) is 49.9 Å². The summed E-state index contributed by atoms with van der Waals surface area (Å²) in [6.07, 6.45) is -0.867. The smallest absolute Gasteiger partial charge is 0.379 e. The van der Waals surface area contributed by atoms with Gasteiger partial charge < -0.3 is 29.9 Å². The first-order chi connectivity index (χ1) is 19.0. The molecule has 4 heterocycles. The molecule has 1 aromatic rings. The van der Waals surface area contributed by atoms with Crippen molar-refractivity contribution in [3.8, 4) is 0 Å². The number of rotatable bonds is 6. The molecule has 1 aliphatic carbocycles. The Bertz CT molecular complexity index is 1110. The van der Waals surface area contributed by atoms with Crippen LogP contribution in [0.3, 0.4) is 0 Å². The second kappa shape index (κ2) is 11.7. The van der Waals surface area contributed by atoms with Gasteiger partial charge in [-0.15, -0.1) is 0 Å². The standard InChI is InChI=1S/C28H40F3N5O3S/c1-17(2)11-33-26(40)36-14-20-9-21(34-23-5-7-39-15-24(23)38-3)10-27(20,16-36)25(37)35-6-4-22-18(13-35)8-19(12-32-22)28(29,30)31/h8,12,17,20-21,23-24,34H,4-7,9-11,13-16H2,1-3H3,(H,33,40). The van der Waals surface area contributed by atoms with Crippen LogP contribution in [0.25, 0.3) is 0 Å². The summed E-state index contributed by atoms with van der Waals surface area (Å²) >= 11 is 5.72. The highest BCUT2D eigenvalue weighted by Crippen LogP contribution is 2.51. The normalized spacial score (nSPS) is 30.4. The molecule has 1 saturated carbocycles. The summed E-state index contributed by atoms with van der Waals surface area (Å²) in [5.41, 5.74) is -0.334. The highest BCUT2D eigenvalue weighted by atomic mass is 32.1. The van der Waals surface area contributed by atoms with Crippen molar-refractivity contribution in [1.29, 1.82) is 0 Å². The molecule has 2 saturated heterocycles. The number of halogens is 3. The molecule has 222 valence electrons. The number of fused-ring (bicyclic) bond motifs is 2. The van der Waals surface area contributed by atoms with E-state index in [1.54, 1.807) is 12.0 Å². The maximum Gasteiger partial charge on any atom is 0.417 e. The molecule has 0 aromatic carbocycles. The van der Waals surface area contributed by atoms with Crippen LogP contribution in [0.5, 0.6) is 0 Å². The molecule has 5 rings (SSSR count). The van der Waals surface area contributed by atoms with Crippen molar-refractivity contribution in [1.82, 2.24) is 25.4 Å². The summed E-state index contributed by atoms with van der Waals surface area (Å²) < 4.78 is 51.4. The summed E-state index contributed by atoms with van der Waals surface area (Å²) in [5.74, 6) is 0.522. The summed E-state index contributed by atoms with van der Waals surface area (Å²) in [6.45, 7) is 7.97. The fourth-order valence-corrected chi connectivity index (χ4v) is 7.12. The van der Waals surface area contributed by atoms with Crippen LogP contribution in [-0.4, -0.2) is 90.5 Å². The van der Waals surface area contributed by atoms with Gasteiger partial charge in [0.1, 0.15) is 0 Å². The van der Waals surface area contributed by atoms with Gasteiger partial charge >= 0.3 is 6.18 Å². The Kier molecular flexibility index (Phi) is 8.62. The largest absolute Gasteiger partial charge is 0.417 e. The van der Waals surface area contributed by atoms with Crippen LogP contribution in [0, 0.1) is 17.3 Å². The van der Waals surface area contributed by atoms with Crippen LogP contribution >= 0.6 is 12.2 Å². The van der Waals surface area contributed by atoms with Crippen molar-refractivity contribution < 1.29 is 27.4 Å². The first kappa shape index (κ1) is 29.5. The second-order valence-corrected chi connectivity index (χ2v) is 12.6. The number of hydrogen-bond donors (Lipinski definition) is 2. The van der Waals surface area contributed by atoms with Gasteiger partial charge in [-0.2, -0.15) is 13.2 Å². The minimum atomic E-state index is -4.47. The minimum absolute atomic E-state index is 0.00860. The van der Waals surface area contributed by atoms with Gasteiger partial charge in [-0.3, -0.25) is 9.78 Å². The number of carbonyl (C=O) groups is 1. The molecule has 4 aliphatic rings. The number of likely N-dealkylation sites (tertiary alicyclic amines) is 1. The molecule has 1 amide bonds. The van der Waals surface area contributed by atoms with E-state index >= 15 is 0 Å². The summed E-state index contributed by atoms with van der Waals surface area (Å²) in [6, 6.07) is 1.43. The maximum absolute atomic E-state index is 14.4. The van der Waals surface area contributed by atoms with Crippen molar-refractivity contribution in [3.63, 3.8) is 0 Å². The highest BCUT2D eigenvalue weighted by Gasteiger charge is 2.59. The number of pyridine rings is 1. The highest BCUT2D eigenvalue weighted by molar-refractivity contribution is 7.80. The maximum atomic E-state index is 14.4. The van der Waals surface area contributed by atoms with Crippen molar-refractivity contribution >= 4 is 23.2 Å². The lowest BCUT2D eigenvalue weighted by atomic mass is 9.78. The fraction of sp³-hybridized carbons (Fsp3) is 0.750. The van der Waals surface area contributed by atoms with Crippen molar-refractivity contribution in [2.45, 2.75) is 70.4 Å². The van der Waals surface area contributed by atoms with Gasteiger partial charge in [0.15, 0.2) is 5.11 Å². The number of aromatic nitrogens is 1. The first-order valence-corrected chi connectivity index (χ1v) is 14.6.